The molecule has 1 heterocycles. The second-order valence-electron chi connectivity index (χ2n) is 5.14. The third-order valence-electron chi connectivity index (χ3n) is 2.81. The molecule has 122 valence electrons. The summed E-state index contributed by atoms with van der Waals surface area (Å²) in [6.45, 7) is 5.15. The Morgan fingerprint density at radius 1 is 1.32 bits per heavy atom. The molecule has 22 heavy (non-hydrogen) atoms. The molecule has 6 nitrogen and oxygen atoms in total. The van der Waals surface area contributed by atoms with Crippen LogP contribution >= 0.6 is 11.6 Å². The highest BCUT2D eigenvalue weighted by molar-refractivity contribution is 6.29. The fraction of sp³-hybridized carbons (Fsp3) is 0.533. The van der Waals surface area contributed by atoms with Gasteiger partial charge in [-0.25, -0.2) is 4.98 Å². The number of aliphatic imine (C=N–C) groups is 1. The number of amides is 1. The topological polar surface area (TPSA) is 78.4 Å². The Kier molecular flexibility index (Phi) is 8.28. The number of nitrogens with one attached hydrogen (secondary N) is 3. The number of carbonyl (C=O) groups is 1. The van der Waals surface area contributed by atoms with E-state index in [1.54, 1.807) is 19.3 Å². The SMILES string of the molecule is CN=C(NCCC(=O)NC(C)C)NCCc1ccc(Cl)nc1. The molecule has 0 atom stereocenters. The Balaban J connectivity index is 2.22. The van der Waals surface area contributed by atoms with Gasteiger partial charge in [0.15, 0.2) is 5.96 Å². The Hall–Kier alpha value is -1.82. The van der Waals surface area contributed by atoms with Gasteiger partial charge < -0.3 is 16.0 Å². The second kappa shape index (κ2) is 10.00. The number of guanidine groups is 1. The number of halogens is 1. The number of hydrogen-bond acceptors (Lipinski definition) is 3. The minimum absolute atomic E-state index is 0.0326. The lowest BCUT2D eigenvalue weighted by Gasteiger charge is -2.12. The zero-order chi connectivity index (χ0) is 16.4. The van der Waals surface area contributed by atoms with Crippen molar-refractivity contribution in [1.29, 1.82) is 0 Å². The summed E-state index contributed by atoms with van der Waals surface area (Å²) in [5.74, 6) is 0.712. The van der Waals surface area contributed by atoms with Gasteiger partial charge in [-0.2, -0.15) is 0 Å². The Morgan fingerprint density at radius 2 is 2.05 bits per heavy atom. The molecule has 7 heteroatoms. The lowest BCUT2D eigenvalue weighted by Crippen LogP contribution is -2.40. The summed E-state index contributed by atoms with van der Waals surface area (Å²) >= 11 is 5.74. The van der Waals surface area contributed by atoms with Crippen molar-refractivity contribution in [2.45, 2.75) is 32.7 Å². The lowest BCUT2D eigenvalue weighted by atomic mass is 10.2. The summed E-state index contributed by atoms with van der Waals surface area (Å²) in [4.78, 5) is 19.7. The van der Waals surface area contributed by atoms with Crippen LogP contribution in [0.2, 0.25) is 5.15 Å². The van der Waals surface area contributed by atoms with Crippen molar-refractivity contribution >= 4 is 23.5 Å². The van der Waals surface area contributed by atoms with Crippen molar-refractivity contribution in [3.05, 3.63) is 29.0 Å². The second-order valence-corrected chi connectivity index (χ2v) is 5.52. The molecule has 0 aliphatic heterocycles. The molecule has 0 aliphatic rings. The van der Waals surface area contributed by atoms with Crippen LogP contribution in [0.1, 0.15) is 25.8 Å². The van der Waals surface area contributed by atoms with E-state index in [0.29, 0.717) is 24.1 Å². The van der Waals surface area contributed by atoms with Gasteiger partial charge in [0, 0.05) is 38.8 Å². The van der Waals surface area contributed by atoms with Gasteiger partial charge in [-0.15, -0.1) is 0 Å². The maximum atomic E-state index is 11.5. The summed E-state index contributed by atoms with van der Waals surface area (Å²) < 4.78 is 0. The van der Waals surface area contributed by atoms with Crippen molar-refractivity contribution in [2.75, 3.05) is 20.1 Å². The molecule has 0 unspecified atom stereocenters. The van der Waals surface area contributed by atoms with E-state index >= 15 is 0 Å². The monoisotopic (exact) mass is 325 g/mol. The summed E-state index contributed by atoms with van der Waals surface area (Å²) in [6.07, 6.45) is 3.00. The van der Waals surface area contributed by atoms with Crippen molar-refractivity contribution in [3.8, 4) is 0 Å². The van der Waals surface area contributed by atoms with E-state index in [4.69, 9.17) is 11.6 Å². The van der Waals surface area contributed by atoms with Gasteiger partial charge in [0.05, 0.1) is 0 Å². The number of aromatic nitrogens is 1. The van der Waals surface area contributed by atoms with E-state index in [0.717, 1.165) is 18.5 Å². The van der Waals surface area contributed by atoms with Crippen LogP contribution < -0.4 is 16.0 Å². The standard InChI is InChI=1S/C15H24ClN5O/c1-11(2)21-14(22)7-9-19-15(17-3)18-8-6-12-4-5-13(16)20-10-12/h4-5,10-11H,6-9H2,1-3H3,(H,21,22)(H2,17,18,19). The Bertz CT molecular complexity index is 487. The highest BCUT2D eigenvalue weighted by Crippen LogP contribution is 2.05. The highest BCUT2D eigenvalue weighted by atomic mass is 35.5. The first-order valence-corrected chi connectivity index (χ1v) is 7.73. The fourth-order valence-electron chi connectivity index (χ4n) is 1.79. The van der Waals surface area contributed by atoms with E-state index in [1.807, 2.05) is 19.9 Å². The first kappa shape index (κ1) is 18.2. The number of carbonyl (C=O) groups excluding carboxylic acids is 1. The van der Waals surface area contributed by atoms with E-state index in [-0.39, 0.29) is 11.9 Å². The summed E-state index contributed by atoms with van der Waals surface area (Å²) in [7, 11) is 1.70. The minimum Gasteiger partial charge on any atom is -0.356 e. The van der Waals surface area contributed by atoms with Gasteiger partial charge in [0.1, 0.15) is 5.15 Å². The van der Waals surface area contributed by atoms with E-state index in [1.165, 1.54) is 0 Å². The van der Waals surface area contributed by atoms with Crippen molar-refractivity contribution < 1.29 is 4.79 Å². The van der Waals surface area contributed by atoms with Gasteiger partial charge in [-0.1, -0.05) is 17.7 Å². The van der Waals surface area contributed by atoms with Crippen LogP contribution in [0.4, 0.5) is 0 Å². The van der Waals surface area contributed by atoms with Crippen LogP contribution in [-0.2, 0) is 11.2 Å². The normalized spacial score (nSPS) is 11.4. The molecule has 0 spiro atoms. The van der Waals surface area contributed by atoms with Gasteiger partial charge in [-0.3, -0.25) is 9.79 Å². The Labute approximate surface area is 136 Å². The molecule has 1 rings (SSSR count). The first-order chi connectivity index (χ1) is 10.5. The molecule has 0 saturated heterocycles. The molecule has 1 amide bonds. The largest absolute Gasteiger partial charge is 0.356 e. The van der Waals surface area contributed by atoms with Crippen LogP contribution in [0, 0.1) is 0 Å². The van der Waals surface area contributed by atoms with Gasteiger partial charge in [0.2, 0.25) is 5.91 Å². The number of pyridine rings is 1. The zero-order valence-electron chi connectivity index (χ0n) is 13.3. The quantitative estimate of drug-likeness (QED) is 0.402. The van der Waals surface area contributed by atoms with Gasteiger partial charge in [0.25, 0.3) is 0 Å². The maximum absolute atomic E-state index is 11.5. The third-order valence-corrected chi connectivity index (χ3v) is 3.04. The molecule has 3 N–H and O–H groups in total. The third kappa shape index (κ3) is 7.83. The number of hydrogen-bond donors (Lipinski definition) is 3. The molecule has 0 bridgehead atoms. The van der Waals surface area contributed by atoms with Gasteiger partial charge >= 0.3 is 0 Å². The molecular weight excluding hydrogens is 302 g/mol. The molecule has 0 aromatic carbocycles. The molecule has 0 fully saturated rings. The summed E-state index contributed by atoms with van der Waals surface area (Å²) in [6, 6.07) is 3.89. The molecule has 1 aromatic heterocycles. The van der Waals surface area contributed by atoms with E-state index in [2.05, 4.69) is 25.9 Å². The van der Waals surface area contributed by atoms with Crippen LogP contribution in [0.5, 0.6) is 0 Å². The van der Waals surface area contributed by atoms with Gasteiger partial charge in [-0.05, 0) is 31.9 Å². The number of nitrogens with zero attached hydrogens (tertiary/aromatic N) is 2. The Morgan fingerprint density at radius 3 is 2.64 bits per heavy atom. The average molecular weight is 326 g/mol. The predicted octanol–water partition coefficient (Wildman–Crippen LogP) is 1.36. The highest BCUT2D eigenvalue weighted by Gasteiger charge is 2.04. The summed E-state index contributed by atoms with van der Waals surface area (Å²) in [5.41, 5.74) is 1.10. The molecular formula is C15H24ClN5O. The maximum Gasteiger partial charge on any atom is 0.221 e. The van der Waals surface area contributed by atoms with Crippen LogP contribution in [0.3, 0.4) is 0 Å². The van der Waals surface area contributed by atoms with Crippen LogP contribution in [-0.4, -0.2) is 43.0 Å². The first-order valence-electron chi connectivity index (χ1n) is 7.35. The molecule has 0 aliphatic carbocycles. The van der Waals surface area contributed by atoms with Crippen LogP contribution in [0.15, 0.2) is 23.3 Å². The lowest BCUT2D eigenvalue weighted by molar-refractivity contribution is -0.121. The molecule has 0 saturated carbocycles. The number of rotatable bonds is 7. The molecule has 1 aromatic rings. The predicted molar refractivity (Wildman–Crippen MR) is 90.2 cm³/mol. The van der Waals surface area contributed by atoms with E-state index < -0.39 is 0 Å². The zero-order valence-corrected chi connectivity index (χ0v) is 14.1. The average Bonchev–Trinajstić information content (AvgIpc) is 2.47. The smallest absolute Gasteiger partial charge is 0.221 e. The van der Waals surface area contributed by atoms with E-state index in [9.17, 15) is 4.79 Å². The van der Waals surface area contributed by atoms with Crippen molar-refractivity contribution in [3.63, 3.8) is 0 Å². The minimum atomic E-state index is 0.0326. The fourth-order valence-corrected chi connectivity index (χ4v) is 1.90. The molecule has 0 radical (unpaired) electrons. The summed E-state index contributed by atoms with van der Waals surface area (Å²) in [5, 5.41) is 9.64. The van der Waals surface area contributed by atoms with Crippen LogP contribution in [0.25, 0.3) is 0 Å². The van der Waals surface area contributed by atoms with Crippen molar-refractivity contribution in [2.24, 2.45) is 4.99 Å². The van der Waals surface area contributed by atoms with Crippen molar-refractivity contribution in [1.82, 2.24) is 20.9 Å².